The maximum absolute atomic E-state index is 6.50. The van der Waals surface area contributed by atoms with Crippen molar-refractivity contribution in [2.24, 2.45) is 0 Å². The molecule has 36 aromatic rings. The van der Waals surface area contributed by atoms with Crippen molar-refractivity contribution in [1.29, 1.82) is 0 Å². The Balaban J connectivity index is 0.0000000859. The molecule has 148 heavy (non-hydrogen) atoms. The van der Waals surface area contributed by atoms with E-state index < -0.39 is 0 Å². The van der Waals surface area contributed by atoms with Crippen molar-refractivity contribution in [1.82, 2.24) is 53.2 Å². The van der Waals surface area contributed by atoms with Crippen molar-refractivity contribution < 1.29 is 8.83 Å². The summed E-state index contributed by atoms with van der Waals surface area (Å²) < 4.78 is 38.0. The first kappa shape index (κ1) is 82.4. The number of aromatic nitrogens is 11. The topological polar surface area (TPSA) is 136 Å². The zero-order valence-corrected chi connectivity index (χ0v) is 82.9. The molecule has 0 radical (unpaired) electrons. The van der Waals surface area contributed by atoms with Crippen LogP contribution in [0.4, 0.5) is 0 Å². The predicted molar refractivity (Wildman–Crippen MR) is 630 cm³/mol. The van der Waals surface area contributed by atoms with Crippen LogP contribution in [0.2, 0.25) is 0 Å². The Morgan fingerprint density at radius 1 is 0.189 bits per heavy atom. The fourth-order valence-corrected chi connectivity index (χ4v) is 31.0. The normalized spacial score (nSPS) is 12.3. The van der Waals surface area contributed by atoms with Gasteiger partial charge in [0, 0.05) is 226 Å². The molecule has 0 unspecified atom stereocenters. The molecule has 0 aliphatic heterocycles. The molecule has 20 aromatic carbocycles. The Labute approximate surface area is 861 Å². The number of nitrogens with zero attached hydrogens (tertiary/aromatic N) is 11. The molecule has 0 amide bonds. The summed E-state index contributed by atoms with van der Waals surface area (Å²) in [4.78, 5) is 30.8. The predicted octanol–water partition coefficient (Wildman–Crippen LogP) is 37.5. The van der Waals surface area contributed by atoms with Gasteiger partial charge in [0.15, 0.2) is 5.58 Å². The van der Waals surface area contributed by atoms with Crippen molar-refractivity contribution in [3.8, 4) is 22.7 Å². The Kier molecular flexibility index (Phi) is 17.7. The molecule has 0 atom stereocenters. The van der Waals surface area contributed by atoms with Gasteiger partial charge in [0.1, 0.15) is 35.7 Å². The number of para-hydroxylation sites is 7. The zero-order chi connectivity index (χ0) is 96.3. The second-order valence-corrected chi connectivity index (χ2v) is 44.4. The van der Waals surface area contributed by atoms with Crippen molar-refractivity contribution in [2.75, 3.05) is 0 Å². The molecule has 16 heterocycles. The van der Waals surface area contributed by atoms with Gasteiger partial charge >= 0.3 is 0 Å². The number of thiophene rings is 6. The van der Waals surface area contributed by atoms with Crippen molar-refractivity contribution in [3.63, 3.8) is 0 Å². The number of benzene rings is 20. The van der Waals surface area contributed by atoms with Crippen LogP contribution in [-0.4, -0.2) is 53.2 Å². The second kappa shape index (κ2) is 31.7. The van der Waals surface area contributed by atoms with E-state index in [-0.39, 0.29) is 0 Å². The summed E-state index contributed by atoms with van der Waals surface area (Å²) >= 11 is 11.2. The Morgan fingerprint density at radius 3 is 1.03 bits per heavy atom. The first-order chi connectivity index (χ1) is 73.4. The summed E-state index contributed by atoms with van der Waals surface area (Å²) in [6.07, 6.45) is 12.4. The van der Waals surface area contributed by atoms with Crippen LogP contribution in [0, 0.1) is 0 Å². The average molecular weight is 2000 g/mol. The molecule has 0 aliphatic carbocycles. The van der Waals surface area contributed by atoms with Gasteiger partial charge in [-0.25, -0.2) is 29.9 Å². The lowest BCUT2D eigenvalue weighted by Crippen LogP contribution is -1.94. The summed E-state index contributed by atoms with van der Waals surface area (Å²) in [5.41, 5.74) is 22.1. The molecule has 688 valence electrons. The number of pyridine rings is 1. The SMILES string of the molecule is c1ccc2c(c1)oc1c(-n3c4ccccc4c4ccc5c6cc7cncnc7cc6sc5c43)cccc12.c1ccc2c(c1)oc1cc(-n3c4ccccc4c4ccc5c6cc7cncnc7cc6sc5c43)ccc12.c1ccc2c(c1)sc1c(-n3c4ccccc4c4ccc5c6cc7cncnc7cc6sc5c43)cccc12.c1cnc2cc3sc4c(ccc5c6ccccc6n(-c6ccc7c(c6)sc6ccccc67)c54)c3cc2c1. The van der Waals surface area contributed by atoms with Gasteiger partial charge in [0.25, 0.3) is 0 Å². The van der Waals surface area contributed by atoms with Gasteiger partial charge in [-0.2, -0.15) is 0 Å². The molecule has 19 heteroatoms. The van der Waals surface area contributed by atoms with E-state index in [0.717, 1.165) is 93.5 Å². The van der Waals surface area contributed by atoms with Crippen molar-refractivity contribution in [2.45, 2.75) is 0 Å². The molecule has 0 N–H and O–H groups in total. The van der Waals surface area contributed by atoms with Crippen LogP contribution in [0.5, 0.6) is 0 Å². The van der Waals surface area contributed by atoms with Crippen LogP contribution in [0.1, 0.15) is 0 Å². The minimum Gasteiger partial charge on any atom is -0.456 e. The van der Waals surface area contributed by atoms with E-state index in [2.05, 4.69) is 399 Å². The van der Waals surface area contributed by atoms with Gasteiger partial charge in [-0.05, 0) is 140 Å². The van der Waals surface area contributed by atoms with Crippen LogP contribution < -0.4 is 0 Å². The van der Waals surface area contributed by atoms with E-state index in [1.165, 1.54) is 225 Å². The summed E-state index contributed by atoms with van der Waals surface area (Å²) in [5, 5.41) is 34.5. The van der Waals surface area contributed by atoms with E-state index in [0.29, 0.717) is 0 Å². The molecule has 0 spiro atoms. The smallest absolute Gasteiger partial charge is 0.159 e. The van der Waals surface area contributed by atoms with Crippen LogP contribution in [0.3, 0.4) is 0 Å². The zero-order valence-electron chi connectivity index (χ0n) is 78.0. The molecule has 0 aliphatic rings. The van der Waals surface area contributed by atoms with Crippen LogP contribution in [0.25, 0.3) is 318 Å². The van der Waals surface area contributed by atoms with Crippen LogP contribution >= 0.6 is 68.0 Å². The van der Waals surface area contributed by atoms with Gasteiger partial charge in [-0.3, -0.25) is 4.98 Å². The van der Waals surface area contributed by atoms with Gasteiger partial charge < -0.3 is 27.1 Å². The van der Waals surface area contributed by atoms with E-state index in [4.69, 9.17) is 8.83 Å². The summed E-state index contributed by atoms with van der Waals surface area (Å²) in [6, 6.07) is 136. The third-order valence-electron chi connectivity index (χ3n) is 30.2. The Bertz CT molecular complexity index is 11500. The maximum Gasteiger partial charge on any atom is 0.159 e. The lowest BCUT2D eigenvalue weighted by Gasteiger charge is -2.10. The third kappa shape index (κ3) is 12.2. The fourth-order valence-electron chi connectivity index (χ4n) is 23.7. The van der Waals surface area contributed by atoms with Crippen molar-refractivity contribution in [3.05, 3.63) is 420 Å². The molecule has 36 rings (SSSR count). The Hall–Kier alpha value is -18.1. The first-order valence-electron chi connectivity index (χ1n) is 49.1. The summed E-state index contributed by atoms with van der Waals surface area (Å²) in [5.74, 6) is 0. The van der Waals surface area contributed by atoms with E-state index in [1.807, 2.05) is 123 Å². The molecule has 0 fully saturated rings. The van der Waals surface area contributed by atoms with E-state index in [1.54, 1.807) is 19.0 Å². The van der Waals surface area contributed by atoms with Crippen molar-refractivity contribution >= 4 is 364 Å². The monoisotopic (exact) mass is 2000 g/mol. The van der Waals surface area contributed by atoms with E-state index >= 15 is 0 Å². The summed E-state index contributed by atoms with van der Waals surface area (Å²) in [7, 11) is 0. The molecule has 0 saturated carbocycles. The highest BCUT2D eigenvalue weighted by Gasteiger charge is 2.28. The highest BCUT2D eigenvalue weighted by Crippen LogP contribution is 2.53. The number of hydrogen-bond acceptors (Lipinski definition) is 15. The number of furan rings is 2. The second-order valence-electron chi connectivity index (χ2n) is 38.1. The quantitative estimate of drug-likeness (QED) is 0.169. The minimum absolute atomic E-state index is 0.901. The van der Waals surface area contributed by atoms with Crippen LogP contribution in [-0.2, 0) is 0 Å². The molecule has 0 saturated heterocycles. The lowest BCUT2D eigenvalue weighted by molar-refractivity contribution is 0.666. The van der Waals surface area contributed by atoms with E-state index in [9.17, 15) is 0 Å². The number of hydrogen-bond donors (Lipinski definition) is 0. The minimum atomic E-state index is 0.901. The standard InChI is InChI=1S/C33H18N2S2.2C32H17N3OS.C32H17N3S2/c1-3-9-28-21(7-1)24-13-14-25-26-16-19-6-5-15-34-27(19)18-31(26)37-33(25)32(24)35(28)20-11-12-23-22-8-2-4-10-29(22)36-30(23)17-20;1-3-9-26-19(6-1)21-12-13-23-24-14-18-16-33-17-34-25(18)15-29(24)37-32(23)30(21)35(26)27-10-5-8-22-20-7-2-4-11-28(20)36-31(22)27;1-3-7-27-20(5-1)23-11-12-24-25-13-18-16-33-17-34-26(18)15-30(25)37-32(24)31(23)35(27)19-9-10-22-21-6-2-4-8-28(21)36-29(22)14-19;1-3-9-26-19(6-1)21-12-13-23-24-14-18-16-33-17-34-25(18)15-29(24)37-32(23)30(21)35(26)27-10-5-8-22-20-7-2-4-11-28(20)36-31(22)27/h1-18H;3*1-17H. The van der Waals surface area contributed by atoms with Gasteiger partial charge in [-0.1, -0.05) is 231 Å². The highest BCUT2D eigenvalue weighted by atomic mass is 32.1. The van der Waals surface area contributed by atoms with Gasteiger partial charge in [0.05, 0.1) is 101 Å². The lowest BCUT2D eigenvalue weighted by atomic mass is 10.1. The average Bonchev–Trinajstić information content (AvgIpc) is 1.56. The third-order valence-corrected chi connectivity index (χ3v) is 37.2. The molecular formula is C129H69N11O2S6. The maximum atomic E-state index is 6.50. The number of fused-ring (bicyclic) bond motifs is 44. The molecule has 16 aromatic heterocycles. The van der Waals surface area contributed by atoms with Gasteiger partial charge in [0.2, 0.25) is 0 Å². The summed E-state index contributed by atoms with van der Waals surface area (Å²) in [6.45, 7) is 0. The number of rotatable bonds is 4. The molecule has 0 bridgehead atoms. The molecular weight excluding hydrogens is 1930 g/mol. The highest BCUT2D eigenvalue weighted by molar-refractivity contribution is 7.29. The Morgan fingerprint density at radius 2 is 0.520 bits per heavy atom. The largest absolute Gasteiger partial charge is 0.456 e. The molecule has 13 nitrogen and oxygen atoms in total. The first-order valence-corrected chi connectivity index (χ1v) is 54.0. The van der Waals surface area contributed by atoms with Crippen LogP contribution in [0.15, 0.2) is 429 Å². The van der Waals surface area contributed by atoms with Gasteiger partial charge in [-0.15, -0.1) is 68.0 Å². The fraction of sp³-hybridized carbons (Fsp3) is 0.